The molecular weight excluding hydrogens is 481 g/mol. The average molecular weight is 503 g/mol. The molecule has 0 nitrogen and oxygen atoms in total. The van der Waals surface area contributed by atoms with Gasteiger partial charge in [0.2, 0.25) is 0 Å². The van der Waals surface area contributed by atoms with E-state index in [1.54, 1.807) is 0 Å². The minimum absolute atomic E-state index is 0.735. The maximum absolute atomic E-state index is 6.21. The van der Waals surface area contributed by atoms with Gasteiger partial charge in [-0.3, -0.25) is 0 Å². The molecular formula is C22H21BrCl3P. The van der Waals surface area contributed by atoms with Gasteiger partial charge in [-0.15, -0.1) is 0 Å². The zero-order valence-corrected chi connectivity index (χ0v) is 19.8. The van der Waals surface area contributed by atoms with Crippen LogP contribution in [-0.4, -0.2) is 6.16 Å². The second-order valence-corrected chi connectivity index (χ2v) is 17.1. The molecule has 5 heteroatoms. The van der Waals surface area contributed by atoms with Gasteiger partial charge < -0.3 is 0 Å². The molecule has 0 saturated carbocycles. The van der Waals surface area contributed by atoms with Crippen molar-refractivity contribution in [3.63, 3.8) is 0 Å². The Hall–Kier alpha value is -0.560. The summed E-state index contributed by atoms with van der Waals surface area (Å²) in [5.74, 6) is 0. The third-order valence-electron chi connectivity index (χ3n) is 5.03. The quantitative estimate of drug-likeness (QED) is 0.305. The summed E-state index contributed by atoms with van der Waals surface area (Å²) in [6.07, 6.45) is 3.21. The number of unbranched alkanes of at least 4 members (excludes halogenated alkanes) is 1. The Labute approximate surface area is 184 Å². The predicted octanol–water partition coefficient (Wildman–Crippen LogP) is 7.59. The van der Waals surface area contributed by atoms with Crippen LogP contribution >= 0.6 is 55.6 Å². The molecule has 0 aliphatic rings. The van der Waals surface area contributed by atoms with Crippen LogP contribution in [-0.2, 0) is 0 Å². The number of hydrogen-bond donors (Lipinski definition) is 0. The average Bonchev–Trinajstić information content (AvgIpc) is 2.68. The maximum atomic E-state index is 6.21. The Balaban J connectivity index is 2.38. The van der Waals surface area contributed by atoms with E-state index in [0.717, 1.165) is 34.1 Å². The molecule has 0 amide bonds. The summed E-state index contributed by atoms with van der Waals surface area (Å²) in [4.78, 5) is 0. The first kappa shape index (κ1) is 21.2. The fourth-order valence-corrected chi connectivity index (χ4v) is 11.7. The van der Waals surface area contributed by atoms with Gasteiger partial charge in [0.1, 0.15) is 0 Å². The molecule has 0 heterocycles. The van der Waals surface area contributed by atoms with Gasteiger partial charge in [0.25, 0.3) is 0 Å². The second kappa shape index (κ2) is 8.44. The van der Waals surface area contributed by atoms with E-state index >= 15 is 0 Å². The van der Waals surface area contributed by atoms with Crippen molar-refractivity contribution in [3.8, 4) is 0 Å². The monoisotopic (exact) mass is 500 g/mol. The Morgan fingerprint density at radius 1 is 0.630 bits per heavy atom. The first-order chi connectivity index (χ1) is 12.9. The number of halogens is 4. The van der Waals surface area contributed by atoms with E-state index < -0.39 is 5.31 Å². The van der Waals surface area contributed by atoms with Crippen LogP contribution < -0.4 is 15.9 Å². The van der Waals surface area contributed by atoms with Crippen molar-refractivity contribution in [2.45, 2.75) is 19.8 Å². The summed E-state index contributed by atoms with van der Waals surface area (Å²) in [5, 5.41) is 3.08. The molecule has 0 unspecified atom stereocenters. The van der Waals surface area contributed by atoms with E-state index in [1.165, 1.54) is 15.9 Å². The topological polar surface area (TPSA) is 0 Å². The summed E-state index contributed by atoms with van der Waals surface area (Å²) in [6.45, 7) is 2.22. The second-order valence-electron chi connectivity index (χ2n) is 6.69. The van der Waals surface area contributed by atoms with Gasteiger partial charge in [0.15, 0.2) is 0 Å². The Kier molecular flexibility index (Phi) is 6.61. The molecule has 0 aliphatic heterocycles. The van der Waals surface area contributed by atoms with Gasteiger partial charge >= 0.3 is 185 Å². The van der Waals surface area contributed by atoms with Gasteiger partial charge in [-0.05, 0) is 0 Å². The van der Waals surface area contributed by atoms with Crippen LogP contribution in [0.15, 0.2) is 72.8 Å². The summed E-state index contributed by atoms with van der Waals surface area (Å²) in [5.41, 5.74) is 0. The van der Waals surface area contributed by atoms with Gasteiger partial charge in [0, 0.05) is 0 Å². The zero-order valence-electron chi connectivity index (χ0n) is 15.0. The van der Waals surface area contributed by atoms with Gasteiger partial charge in [-0.25, -0.2) is 0 Å². The zero-order chi connectivity index (χ0) is 19.5. The molecule has 3 rings (SSSR count). The molecule has 0 fully saturated rings. The van der Waals surface area contributed by atoms with E-state index in [-0.39, 0.29) is 0 Å². The fourth-order valence-electron chi connectivity index (χ4n) is 3.55. The van der Waals surface area contributed by atoms with Gasteiger partial charge in [0.05, 0.1) is 0 Å². The van der Waals surface area contributed by atoms with E-state index in [2.05, 4.69) is 58.8 Å². The molecule has 142 valence electrons. The summed E-state index contributed by atoms with van der Waals surface area (Å²) < 4.78 is 0. The van der Waals surface area contributed by atoms with Crippen molar-refractivity contribution >= 4 is 71.5 Å². The van der Waals surface area contributed by atoms with E-state index in [9.17, 15) is 0 Å². The molecule has 0 spiro atoms. The summed E-state index contributed by atoms with van der Waals surface area (Å²) in [6, 6.07) is 24.7. The van der Waals surface area contributed by atoms with Crippen LogP contribution in [0.1, 0.15) is 19.8 Å². The SMILES string of the molecule is CCCCP(Br)(c1ccc(Cl)cc1)(c1ccc(Cl)cc1)c1ccc(Cl)cc1. The van der Waals surface area contributed by atoms with Crippen LogP contribution in [0.5, 0.6) is 0 Å². The molecule has 0 saturated heterocycles. The summed E-state index contributed by atoms with van der Waals surface area (Å²) in [7, 11) is 0. The van der Waals surface area contributed by atoms with Crippen molar-refractivity contribution in [3.05, 3.63) is 87.9 Å². The van der Waals surface area contributed by atoms with Crippen molar-refractivity contribution in [2.24, 2.45) is 0 Å². The first-order valence-corrected chi connectivity index (χ1v) is 14.5. The molecule has 0 N–H and O–H groups in total. The third kappa shape index (κ3) is 3.96. The minimum atomic E-state index is -2.89. The van der Waals surface area contributed by atoms with Crippen LogP contribution in [0.25, 0.3) is 0 Å². The van der Waals surface area contributed by atoms with Crippen LogP contribution in [0.2, 0.25) is 15.1 Å². The Morgan fingerprint density at radius 3 is 1.19 bits per heavy atom. The molecule has 0 bridgehead atoms. The van der Waals surface area contributed by atoms with E-state index in [1.807, 2.05) is 36.4 Å². The van der Waals surface area contributed by atoms with Crippen LogP contribution in [0, 0.1) is 0 Å². The fraction of sp³-hybridized carbons (Fsp3) is 0.182. The Bertz CT molecular complexity index is 792. The van der Waals surface area contributed by atoms with Crippen LogP contribution in [0.3, 0.4) is 0 Å². The predicted molar refractivity (Wildman–Crippen MR) is 129 cm³/mol. The molecule has 0 aliphatic carbocycles. The van der Waals surface area contributed by atoms with E-state index in [0.29, 0.717) is 0 Å². The van der Waals surface area contributed by atoms with Gasteiger partial charge in [-0.1, -0.05) is 0 Å². The molecule has 27 heavy (non-hydrogen) atoms. The van der Waals surface area contributed by atoms with Crippen molar-refractivity contribution < 1.29 is 0 Å². The molecule has 0 aromatic heterocycles. The first-order valence-electron chi connectivity index (χ1n) is 8.89. The molecule has 3 aromatic carbocycles. The molecule has 0 radical (unpaired) electrons. The molecule has 0 atom stereocenters. The third-order valence-corrected chi connectivity index (χ3v) is 15.8. The van der Waals surface area contributed by atoms with Crippen molar-refractivity contribution in [2.75, 3.05) is 6.16 Å². The van der Waals surface area contributed by atoms with Gasteiger partial charge in [-0.2, -0.15) is 0 Å². The normalized spacial score (nSPS) is 13.1. The van der Waals surface area contributed by atoms with Crippen molar-refractivity contribution in [1.29, 1.82) is 0 Å². The standard InChI is InChI=1S/C22H21BrCl3P/c1-2-3-16-27(23,20-10-4-17(24)5-11-20,21-12-6-18(25)7-13-21)22-14-8-19(26)9-15-22/h4-15H,2-3,16H2,1H3. The van der Waals surface area contributed by atoms with Crippen molar-refractivity contribution in [1.82, 2.24) is 0 Å². The Morgan fingerprint density at radius 2 is 0.926 bits per heavy atom. The molecule has 3 aromatic rings. The number of hydrogen-bond acceptors (Lipinski definition) is 0. The summed E-state index contributed by atoms with van der Waals surface area (Å²) >= 11 is 23.0. The number of benzene rings is 3. The van der Waals surface area contributed by atoms with E-state index in [4.69, 9.17) is 34.8 Å². The number of rotatable bonds is 6. The van der Waals surface area contributed by atoms with Crippen LogP contribution in [0.4, 0.5) is 0 Å².